The second kappa shape index (κ2) is 4.73. The SMILES string of the molecule is C=C(C)C(=C)/C=C(C)\C=C/C. The van der Waals surface area contributed by atoms with Crippen LogP contribution in [-0.4, -0.2) is 0 Å². The van der Waals surface area contributed by atoms with Gasteiger partial charge in [-0.25, -0.2) is 0 Å². The predicted molar refractivity (Wildman–Crippen MR) is 52.5 cm³/mol. The normalized spacial score (nSPS) is 12.1. The maximum absolute atomic E-state index is 3.87. The van der Waals surface area contributed by atoms with E-state index >= 15 is 0 Å². The summed E-state index contributed by atoms with van der Waals surface area (Å²) in [6, 6.07) is 0. The maximum atomic E-state index is 3.87. The van der Waals surface area contributed by atoms with Gasteiger partial charge in [-0.2, -0.15) is 0 Å². The number of hydrogen-bond acceptors (Lipinski definition) is 0. The van der Waals surface area contributed by atoms with Crippen LogP contribution in [0.1, 0.15) is 20.8 Å². The minimum Gasteiger partial charge on any atom is -0.0955 e. The van der Waals surface area contributed by atoms with E-state index in [2.05, 4.69) is 13.2 Å². The van der Waals surface area contributed by atoms with Gasteiger partial charge in [-0.3, -0.25) is 0 Å². The van der Waals surface area contributed by atoms with E-state index in [0.717, 1.165) is 11.1 Å². The third kappa shape index (κ3) is 4.38. The van der Waals surface area contributed by atoms with E-state index < -0.39 is 0 Å². The van der Waals surface area contributed by atoms with E-state index in [0.29, 0.717) is 0 Å². The van der Waals surface area contributed by atoms with Crippen LogP contribution in [-0.2, 0) is 0 Å². The topological polar surface area (TPSA) is 0 Å². The van der Waals surface area contributed by atoms with E-state index in [4.69, 9.17) is 0 Å². The molecule has 0 rings (SSSR count). The Morgan fingerprint density at radius 2 is 1.73 bits per heavy atom. The fourth-order valence-corrected chi connectivity index (χ4v) is 0.709. The first-order chi connectivity index (χ1) is 5.07. The van der Waals surface area contributed by atoms with Crippen LogP contribution >= 0.6 is 0 Å². The number of allylic oxidation sites excluding steroid dienone is 6. The van der Waals surface area contributed by atoms with Crippen molar-refractivity contribution in [2.24, 2.45) is 0 Å². The predicted octanol–water partition coefficient (Wildman–Crippen LogP) is 3.64. The molecule has 11 heavy (non-hydrogen) atoms. The molecule has 0 spiro atoms. The smallest absolute Gasteiger partial charge is 0.0303 e. The van der Waals surface area contributed by atoms with Crippen molar-refractivity contribution in [2.75, 3.05) is 0 Å². The highest BCUT2D eigenvalue weighted by Crippen LogP contribution is 2.08. The van der Waals surface area contributed by atoms with Gasteiger partial charge in [0.2, 0.25) is 0 Å². The van der Waals surface area contributed by atoms with Gasteiger partial charge >= 0.3 is 0 Å². The maximum Gasteiger partial charge on any atom is -0.0303 e. The van der Waals surface area contributed by atoms with Crippen molar-refractivity contribution < 1.29 is 0 Å². The van der Waals surface area contributed by atoms with Crippen molar-refractivity contribution in [2.45, 2.75) is 20.8 Å². The summed E-state index contributed by atoms with van der Waals surface area (Å²) < 4.78 is 0. The molecule has 0 fully saturated rings. The molecule has 0 aliphatic carbocycles. The molecule has 0 amide bonds. The minimum absolute atomic E-state index is 1.00. The molecule has 0 heterocycles. The molecule has 0 aliphatic heterocycles. The summed E-state index contributed by atoms with van der Waals surface area (Å²) in [5.41, 5.74) is 3.23. The third-order valence-electron chi connectivity index (χ3n) is 1.38. The molecule has 0 N–H and O–H groups in total. The van der Waals surface area contributed by atoms with Gasteiger partial charge in [-0.1, -0.05) is 42.5 Å². The molecule has 0 saturated carbocycles. The molecular weight excluding hydrogens is 132 g/mol. The Morgan fingerprint density at radius 1 is 1.18 bits per heavy atom. The van der Waals surface area contributed by atoms with Crippen LogP contribution in [0.15, 0.2) is 48.1 Å². The van der Waals surface area contributed by atoms with Crippen LogP contribution in [0.4, 0.5) is 0 Å². The van der Waals surface area contributed by atoms with Crippen molar-refractivity contribution in [1.29, 1.82) is 0 Å². The highest BCUT2D eigenvalue weighted by molar-refractivity contribution is 5.38. The molecule has 0 aliphatic rings. The largest absolute Gasteiger partial charge is 0.0955 e. The van der Waals surface area contributed by atoms with Gasteiger partial charge in [0.25, 0.3) is 0 Å². The molecule has 0 atom stereocenters. The molecule has 0 nitrogen and oxygen atoms in total. The number of hydrogen-bond donors (Lipinski definition) is 0. The lowest BCUT2D eigenvalue weighted by Crippen LogP contribution is -1.77. The highest BCUT2D eigenvalue weighted by Gasteiger charge is 1.88. The zero-order valence-electron chi connectivity index (χ0n) is 7.65. The van der Waals surface area contributed by atoms with Crippen molar-refractivity contribution in [3.05, 3.63) is 48.1 Å². The zero-order chi connectivity index (χ0) is 8.85. The Bertz CT molecular complexity index is 214. The first kappa shape index (κ1) is 9.96. The van der Waals surface area contributed by atoms with Crippen LogP contribution in [0.3, 0.4) is 0 Å². The van der Waals surface area contributed by atoms with Crippen LogP contribution in [0.5, 0.6) is 0 Å². The molecule has 0 aromatic carbocycles. The lowest BCUT2D eigenvalue weighted by atomic mass is 10.1. The Kier molecular flexibility index (Phi) is 4.28. The third-order valence-corrected chi connectivity index (χ3v) is 1.38. The molecule has 0 heteroatoms. The van der Waals surface area contributed by atoms with Gasteiger partial charge in [0.1, 0.15) is 0 Å². The number of rotatable bonds is 3. The lowest BCUT2D eigenvalue weighted by Gasteiger charge is -1.97. The standard InChI is InChI=1S/C11H16/c1-6-7-10(4)8-11(5)9(2)3/h6-8H,2,5H2,1,3-4H3/b7-6-,10-8-. The summed E-state index contributed by atoms with van der Waals surface area (Å²) in [6.45, 7) is 13.7. The summed E-state index contributed by atoms with van der Waals surface area (Å²) in [5.74, 6) is 0. The monoisotopic (exact) mass is 148 g/mol. The van der Waals surface area contributed by atoms with Crippen molar-refractivity contribution in [3.63, 3.8) is 0 Å². The summed E-state index contributed by atoms with van der Waals surface area (Å²) >= 11 is 0. The van der Waals surface area contributed by atoms with Crippen LogP contribution in [0.2, 0.25) is 0 Å². The van der Waals surface area contributed by atoms with E-state index in [1.165, 1.54) is 5.57 Å². The fraction of sp³-hybridized carbons (Fsp3) is 0.273. The van der Waals surface area contributed by atoms with Gasteiger partial charge in [0.15, 0.2) is 0 Å². The van der Waals surface area contributed by atoms with E-state index in [1.807, 2.05) is 39.0 Å². The van der Waals surface area contributed by atoms with Gasteiger partial charge in [0.05, 0.1) is 0 Å². The Balaban J connectivity index is 4.31. The second-order valence-electron chi connectivity index (χ2n) is 2.69. The lowest BCUT2D eigenvalue weighted by molar-refractivity contribution is 1.41. The molecule has 0 bridgehead atoms. The average Bonchev–Trinajstić information content (AvgIpc) is 1.87. The molecule has 60 valence electrons. The fourth-order valence-electron chi connectivity index (χ4n) is 0.709. The molecule has 0 radical (unpaired) electrons. The molecule has 0 aromatic rings. The van der Waals surface area contributed by atoms with Gasteiger partial charge < -0.3 is 0 Å². The Labute approximate surface area is 69.6 Å². The second-order valence-corrected chi connectivity index (χ2v) is 2.69. The minimum atomic E-state index is 1.00. The highest BCUT2D eigenvalue weighted by atomic mass is 13.9. The summed E-state index contributed by atoms with van der Waals surface area (Å²) in [6.07, 6.45) is 6.09. The van der Waals surface area contributed by atoms with Gasteiger partial charge in [-0.15, -0.1) is 0 Å². The van der Waals surface area contributed by atoms with Crippen molar-refractivity contribution in [1.82, 2.24) is 0 Å². The first-order valence-corrected chi connectivity index (χ1v) is 3.73. The van der Waals surface area contributed by atoms with Gasteiger partial charge in [-0.05, 0) is 26.3 Å². The first-order valence-electron chi connectivity index (χ1n) is 3.73. The average molecular weight is 148 g/mol. The molecule has 0 unspecified atom stereocenters. The van der Waals surface area contributed by atoms with E-state index in [-0.39, 0.29) is 0 Å². The zero-order valence-corrected chi connectivity index (χ0v) is 7.65. The van der Waals surface area contributed by atoms with E-state index in [1.54, 1.807) is 0 Å². The van der Waals surface area contributed by atoms with Crippen LogP contribution < -0.4 is 0 Å². The summed E-state index contributed by atoms with van der Waals surface area (Å²) in [5, 5.41) is 0. The van der Waals surface area contributed by atoms with Crippen LogP contribution in [0, 0.1) is 0 Å². The van der Waals surface area contributed by atoms with E-state index in [9.17, 15) is 0 Å². The van der Waals surface area contributed by atoms with Crippen molar-refractivity contribution in [3.8, 4) is 0 Å². The molecule has 0 saturated heterocycles. The molecular formula is C11H16. The van der Waals surface area contributed by atoms with Gasteiger partial charge in [0, 0.05) is 0 Å². The Hall–Kier alpha value is -1.04. The quantitative estimate of drug-likeness (QED) is 0.536. The van der Waals surface area contributed by atoms with Crippen molar-refractivity contribution >= 4 is 0 Å². The van der Waals surface area contributed by atoms with Crippen LogP contribution in [0.25, 0.3) is 0 Å². The molecule has 0 aromatic heterocycles. The Morgan fingerprint density at radius 3 is 2.09 bits per heavy atom. The summed E-state index contributed by atoms with van der Waals surface area (Å²) in [4.78, 5) is 0. The summed E-state index contributed by atoms with van der Waals surface area (Å²) in [7, 11) is 0.